The fraction of sp³-hybridized carbons (Fsp3) is 0.0833. The van der Waals surface area contributed by atoms with Gasteiger partial charge in [-0.15, -0.1) is 11.3 Å². The van der Waals surface area contributed by atoms with Crippen molar-refractivity contribution < 1.29 is 19.0 Å². The molecule has 0 saturated carbocycles. The normalized spacial score (nSPS) is 12.0. The van der Waals surface area contributed by atoms with Gasteiger partial charge in [0.1, 0.15) is 4.88 Å². The average molecular weight is 311 g/mol. The van der Waals surface area contributed by atoms with E-state index in [2.05, 4.69) is 0 Å². The third kappa shape index (κ3) is 3.28. The number of carboxylic acids is 1. The highest BCUT2D eigenvalue weighted by Gasteiger charge is 2.12. The van der Waals surface area contributed by atoms with E-state index in [-0.39, 0.29) is 16.3 Å². The number of carbonyl (C=O) groups is 1. The molecular weight excluding hydrogens is 302 g/mol. The van der Waals surface area contributed by atoms with Crippen molar-refractivity contribution in [1.29, 1.82) is 0 Å². The van der Waals surface area contributed by atoms with Gasteiger partial charge in [0, 0.05) is 21.9 Å². The van der Waals surface area contributed by atoms with Crippen molar-refractivity contribution in [1.82, 2.24) is 0 Å². The smallest absolute Gasteiger partial charge is 0.345 e. The zero-order valence-corrected chi connectivity index (χ0v) is 11.6. The van der Waals surface area contributed by atoms with Crippen LogP contribution >= 0.6 is 11.3 Å². The average Bonchev–Trinajstić information content (AvgIpc) is 2.87. The predicted octanol–water partition coefficient (Wildman–Crippen LogP) is 2.66. The highest BCUT2D eigenvalue weighted by Crippen LogP contribution is 2.21. The van der Waals surface area contributed by atoms with Crippen LogP contribution in [0.2, 0.25) is 0 Å². The lowest BCUT2D eigenvalue weighted by atomic mass is 10.3. The number of thiophene rings is 1. The minimum Gasteiger partial charge on any atom is -0.477 e. The molecule has 104 valence electrons. The van der Waals surface area contributed by atoms with Gasteiger partial charge in [-0.05, 0) is 24.3 Å². The molecule has 0 bridgehead atoms. The van der Waals surface area contributed by atoms with Crippen LogP contribution in [0.1, 0.15) is 14.5 Å². The molecule has 0 radical (unpaired) electrons. The number of non-ortho nitro benzene ring substituents is 1. The summed E-state index contributed by atoms with van der Waals surface area (Å²) in [7, 11) is -1.36. The van der Waals surface area contributed by atoms with Gasteiger partial charge in [0.05, 0.1) is 21.5 Å². The number of nitro benzene ring substituents is 1. The zero-order chi connectivity index (χ0) is 14.7. The lowest BCUT2D eigenvalue weighted by Crippen LogP contribution is -1.95. The third-order valence-electron chi connectivity index (χ3n) is 2.46. The summed E-state index contributed by atoms with van der Waals surface area (Å²) in [4.78, 5) is 22.1. The summed E-state index contributed by atoms with van der Waals surface area (Å²) in [6, 6.07) is 8.57. The monoisotopic (exact) mass is 311 g/mol. The summed E-state index contributed by atoms with van der Waals surface area (Å²) in [6.45, 7) is 0. The number of nitrogens with zero attached hydrogens (tertiary/aromatic N) is 1. The molecule has 1 aromatic carbocycles. The molecule has 1 N–H and O–H groups in total. The molecule has 0 saturated heterocycles. The highest BCUT2D eigenvalue weighted by molar-refractivity contribution is 7.84. The third-order valence-corrected chi connectivity index (χ3v) is 5.08. The van der Waals surface area contributed by atoms with Crippen molar-refractivity contribution in [3.8, 4) is 0 Å². The Balaban J connectivity index is 2.11. The maximum Gasteiger partial charge on any atom is 0.345 e. The number of benzene rings is 1. The van der Waals surface area contributed by atoms with Crippen LogP contribution in [0.3, 0.4) is 0 Å². The molecule has 1 heterocycles. The van der Waals surface area contributed by atoms with Gasteiger partial charge >= 0.3 is 5.97 Å². The predicted molar refractivity (Wildman–Crippen MR) is 74.5 cm³/mol. The Kier molecular flexibility index (Phi) is 4.26. The molecule has 1 aromatic heterocycles. The maximum absolute atomic E-state index is 12.1. The summed E-state index contributed by atoms with van der Waals surface area (Å²) in [5.74, 6) is -0.821. The van der Waals surface area contributed by atoms with E-state index >= 15 is 0 Å². The van der Waals surface area contributed by atoms with Crippen molar-refractivity contribution in [2.45, 2.75) is 10.6 Å². The maximum atomic E-state index is 12.1. The largest absolute Gasteiger partial charge is 0.477 e. The van der Waals surface area contributed by atoms with Gasteiger partial charge in [0.15, 0.2) is 0 Å². The Morgan fingerprint density at radius 2 is 1.90 bits per heavy atom. The number of aromatic carboxylic acids is 1. The van der Waals surface area contributed by atoms with Crippen LogP contribution in [0.4, 0.5) is 5.69 Å². The van der Waals surface area contributed by atoms with Crippen LogP contribution in [0.15, 0.2) is 41.3 Å². The van der Waals surface area contributed by atoms with Crippen LogP contribution in [0.25, 0.3) is 0 Å². The van der Waals surface area contributed by atoms with Crippen LogP contribution in [-0.2, 0) is 16.6 Å². The van der Waals surface area contributed by atoms with Crippen LogP contribution in [0.5, 0.6) is 0 Å². The summed E-state index contributed by atoms with van der Waals surface area (Å²) in [5.41, 5.74) is -0.0602. The molecule has 2 aromatic rings. The molecule has 1 unspecified atom stereocenters. The lowest BCUT2D eigenvalue weighted by molar-refractivity contribution is -0.384. The molecule has 0 aliphatic heterocycles. The van der Waals surface area contributed by atoms with Crippen molar-refractivity contribution in [2.24, 2.45) is 0 Å². The molecule has 8 heteroatoms. The number of hydrogen-bond acceptors (Lipinski definition) is 5. The van der Waals surface area contributed by atoms with E-state index in [1.165, 1.54) is 30.3 Å². The lowest BCUT2D eigenvalue weighted by Gasteiger charge is -2.00. The molecule has 0 spiro atoms. The molecule has 2 rings (SSSR count). The molecule has 20 heavy (non-hydrogen) atoms. The number of rotatable bonds is 5. The Bertz CT molecular complexity index is 677. The first-order valence-corrected chi connectivity index (χ1v) is 7.56. The van der Waals surface area contributed by atoms with E-state index in [0.29, 0.717) is 9.77 Å². The molecule has 0 fully saturated rings. The van der Waals surface area contributed by atoms with Gasteiger partial charge in [-0.1, -0.05) is 0 Å². The Morgan fingerprint density at radius 3 is 2.40 bits per heavy atom. The fourth-order valence-corrected chi connectivity index (χ4v) is 3.66. The summed E-state index contributed by atoms with van der Waals surface area (Å²) in [5, 5.41) is 19.3. The number of nitro groups is 1. The first-order valence-electron chi connectivity index (χ1n) is 5.42. The van der Waals surface area contributed by atoms with Crippen molar-refractivity contribution in [2.75, 3.05) is 0 Å². The highest BCUT2D eigenvalue weighted by atomic mass is 32.2. The number of hydrogen-bond donors (Lipinski definition) is 1. The molecule has 1 atom stereocenters. The van der Waals surface area contributed by atoms with E-state index in [0.717, 1.165) is 11.3 Å². The van der Waals surface area contributed by atoms with E-state index < -0.39 is 21.7 Å². The van der Waals surface area contributed by atoms with E-state index in [4.69, 9.17) is 5.11 Å². The second-order valence-corrected chi connectivity index (χ2v) is 6.43. The summed E-state index contributed by atoms with van der Waals surface area (Å²) < 4.78 is 12.1. The topological polar surface area (TPSA) is 97.5 Å². The van der Waals surface area contributed by atoms with Gasteiger partial charge in [0.25, 0.3) is 5.69 Å². The minimum atomic E-state index is -1.36. The molecular formula is C12H9NO5S2. The fourth-order valence-electron chi connectivity index (χ4n) is 1.50. The standard InChI is InChI=1S/C12H9NO5S2/c14-12(15)11-6-3-9(19-11)7-20(18)10-4-1-8(2-5-10)13(16)17/h1-6H,7H2,(H,14,15). The van der Waals surface area contributed by atoms with Crippen molar-refractivity contribution in [3.05, 3.63) is 56.3 Å². The molecule has 6 nitrogen and oxygen atoms in total. The summed E-state index contributed by atoms with van der Waals surface area (Å²) in [6.07, 6.45) is 0. The summed E-state index contributed by atoms with van der Waals surface area (Å²) >= 11 is 1.07. The van der Waals surface area contributed by atoms with Gasteiger partial charge in [-0.2, -0.15) is 0 Å². The van der Waals surface area contributed by atoms with Crippen LogP contribution < -0.4 is 0 Å². The van der Waals surface area contributed by atoms with Crippen LogP contribution in [0, 0.1) is 10.1 Å². The van der Waals surface area contributed by atoms with E-state index in [1.807, 2.05) is 0 Å². The van der Waals surface area contributed by atoms with E-state index in [1.54, 1.807) is 6.07 Å². The Labute approximate surface area is 120 Å². The van der Waals surface area contributed by atoms with Crippen LogP contribution in [-0.4, -0.2) is 20.2 Å². The van der Waals surface area contributed by atoms with Crippen molar-refractivity contribution >= 4 is 33.8 Å². The van der Waals surface area contributed by atoms with E-state index in [9.17, 15) is 19.1 Å². The quantitative estimate of drug-likeness (QED) is 0.676. The first-order chi connectivity index (χ1) is 9.47. The Morgan fingerprint density at radius 1 is 1.25 bits per heavy atom. The minimum absolute atomic E-state index is 0.0602. The van der Waals surface area contributed by atoms with Gasteiger partial charge in [-0.25, -0.2) is 4.79 Å². The second-order valence-electron chi connectivity index (χ2n) is 3.81. The van der Waals surface area contributed by atoms with Gasteiger partial charge in [-0.3, -0.25) is 14.3 Å². The van der Waals surface area contributed by atoms with Gasteiger partial charge < -0.3 is 5.11 Å². The number of carboxylic acid groups (broad SMARTS) is 1. The zero-order valence-electron chi connectivity index (χ0n) is 10.0. The first kappa shape index (κ1) is 14.4. The Hall–Kier alpha value is -2.06. The van der Waals surface area contributed by atoms with Crippen molar-refractivity contribution in [3.63, 3.8) is 0 Å². The van der Waals surface area contributed by atoms with Gasteiger partial charge in [0.2, 0.25) is 0 Å². The molecule has 0 amide bonds. The SMILES string of the molecule is O=C(O)c1ccc(CS(=O)c2ccc([N+](=O)[O-])cc2)s1. The second kappa shape index (κ2) is 5.93. The molecule has 0 aliphatic carbocycles. The molecule has 0 aliphatic rings.